The molecule has 98 valence electrons. The number of hydrogen-bond acceptors (Lipinski definition) is 4. The van der Waals surface area contributed by atoms with E-state index in [0.717, 1.165) is 17.0 Å². The highest BCUT2D eigenvalue weighted by atomic mass is 19.3. The van der Waals surface area contributed by atoms with Gasteiger partial charge in [-0.1, -0.05) is 0 Å². The minimum absolute atomic E-state index is 0.159. The van der Waals surface area contributed by atoms with Crippen molar-refractivity contribution in [1.82, 2.24) is 0 Å². The maximum absolute atomic E-state index is 12.2. The van der Waals surface area contributed by atoms with Crippen LogP contribution in [0.3, 0.4) is 0 Å². The number of carboxylic acids is 1. The predicted molar refractivity (Wildman–Crippen MR) is 59.3 cm³/mol. The molecule has 0 heterocycles. The van der Waals surface area contributed by atoms with Crippen LogP contribution >= 0.6 is 0 Å². The van der Waals surface area contributed by atoms with E-state index in [1.54, 1.807) is 0 Å². The van der Waals surface area contributed by atoms with Gasteiger partial charge >= 0.3 is 5.97 Å². The normalized spacial score (nSPS) is 10.4. The van der Waals surface area contributed by atoms with E-state index in [1.807, 2.05) is 0 Å². The Kier molecular flexibility index (Phi) is 4.13. The number of nitro benzene ring substituents is 1. The van der Waals surface area contributed by atoms with E-state index in [-0.39, 0.29) is 5.69 Å². The molecule has 0 atom stereocenters. The Bertz CT molecular complexity index is 479. The van der Waals surface area contributed by atoms with Crippen LogP contribution in [0.25, 0.3) is 0 Å². The largest absolute Gasteiger partial charge is 0.477 e. The molecule has 1 rings (SSSR count). The monoisotopic (exact) mass is 260 g/mol. The summed E-state index contributed by atoms with van der Waals surface area (Å²) in [6.07, 6.45) is -2.59. The van der Waals surface area contributed by atoms with E-state index in [2.05, 4.69) is 0 Å². The average Bonchev–Trinajstić information content (AvgIpc) is 2.26. The summed E-state index contributed by atoms with van der Waals surface area (Å²) < 4.78 is 24.3. The first-order valence-corrected chi connectivity index (χ1v) is 4.84. The topological polar surface area (TPSA) is 83.7 Å². The Hall–Kier alpha value is -2.25. The van der Waals surface area contributed by atoms with Crippen LogP contribution in [0.2, 0.25) is 0 Å². The van der Waals surface area contributed by atoms with Crippen molar-refractivity contribution >= 4 is 17.3 Å². The molecule has 1 N–H and O–H groups in total. The van der Waals surface area contributed by atoms with Crippen LogP contribution in [0.15, 0.2) is 18.2 Å². The Labute approximate surface area is 101 Å². The first-order valence-electron chi connectivity index (χ1n) is 4.84. The molecule has 0 unspecified atom stereocenters. The van der Waals surface area contributed by atoms with Gasteiger partial charge in [0.15, 0.2) is 0 Å². The van der Waals surface area contributed by atoms with Gasteiger partial charge < -0.3 is 10.0 Å². The molecule has 1 aromatic carbocycles. The van der Waals surface area contributed by atoms with E-state index < -0.39 is 35.1 Å². The van der Waals surface area contributed by atoms with E-state index >= 15 is 0 Å². The number of rotatable bonds is 5. The van der Waals surface area contributed by atoms with Crippen molar-refractivity contribution in [2.45, 2.75) is 6.43 Å². The highest BCUT2D eigenvalue weighted by molar-refractivity contribution is 5.93. The molecular weight excluding hydrogens is 250 g/mol. The zero-order valence-corrected chi connectivity index (χ0v) is 9.34. The highest BCUT2D eigenvalue weighted by Crippen LogP contribution is 2.25. The molecule has 1 aromatic rings. The third-order valence-corrected chi connectivity index (χ3v) is 2.26. The molecule has 18 heavy (non-hydrogen) atoms. The lowest BCUT2D eigenvalue weighted by atomic mass is 10.1. The summed E-state index contributed by atoms with van der Waals surface area (Å²) in [5.41, 5.74) is -0.942. The third-order valence-electron chi connectivity index (χ3n) is 2.26. The molecule has 6 nitrogen and oxygen atoms in total. The Morgan fingerprint density at radius 1 is 1.56 bits per heavy atom. The van der Waals surface area contributed by atoms with Gasteiger partial charge in [0.25, 0.3) is 12.1 Å². The van der Waals surface area contributed by atoms with E-state index in [0.29, 0.717) is 0 Å². The highest BCUT2D eigenvalue weighted by Gasteiger charge is 2.21. The molecule has 0 aromatic heterocycles. The zero-order chi connectivity index (χ0) is 13.9. The van der Waals surface area contributed by atoms with Gasteiger partial charge in [0.1, 0.15) is 5.56 Å². The lowest BCUT2D eigenvalue weighted by molar-refractivity contribution is -0.385. The fraction of sp³-hybridized carbons (Fsp3) is 0.300. The van der Waals surface area contributed by atoms with Crippen molar-refractivity contribution in [3.05, 3.63) is 33.9 Å². The fourth-order valence-electron chi connectivity index (χ4n) is 1.40. The lowest BCUT2D eigenvalue weighted by Crippen LogP contribution is -2.24. The van der Waals surface area contributed by atoms with Crippen LogP contribution in [-0.2, 0) is 0 Å². The molecule has 0 aliphatic rings. The predicted octanol–water partition coefficient (Wildman–Crippen LogP) is 1.99. The molecule has 0 amide bonds. The van der Waals surface area contributed by atoms with Crippen molar-refractivity contribution < 1.29 is 23.6 Å². The van der Waals surface area contributed by atoms with Crippen LogP contribution < -0.4 is 4.90 Å². The van der Waals surface area contributed by atoms with Crippen molar-refractivity contribution in [3.63, 3.8) is 0 Å². The Morgan fingerprint density at radius 2 is 2.17 bits per heavy atom. The van der Waals surface area contributed by atoms with Crippen LogP contribution in [0, 0.1) is 10.1 Å². The molecule has 0 saturated carbocycles. The smallest absolute Gasteiger partial charge is 0.342 e. The SMILES string of the molecule is CN(CC(F)F)c1ccc(C(=O)O)c([N+](=O)[O-])c1. The van der Waals surface area contributed by atoms with Crippen molar-refractivity contribution in [2.75, 3.05) is 18.5 Å². The number of nitrogens with zero attached hydrogens (tertiary/aromatic N) is 2. The number of hydrogen-bond donors (Lipinski definition) is 1. The Morgan fingerprint density at radius 3 is 2.61 bits per heavy atom. The van der Waals surface area contributed by atoms with Crippen molar-refractivity contribution in [1.29, 1.82) is 0 Å². The molecular formula is C10H10F2N2O4. The van der Waals surface area contributed by atoms with Crippen LogP contribution in [0.4, 0.5) is 20.2 Å². The second-order valence-corrected chi connectivity index (χ2v) is 3.54. The summed E-state index contributed by atoms with van der Waals surface area (Å²) >= 11 is 0. The Balaban J connectivity index is 3.15. The maximum atomic E-state index is 12.2. The van der Waals surface area contributed by atoms with Crippen molar-refractivity contribution in [2.24, 2.45) is 0 Å². The third kappa shape index (κ3) is 3.12. The minimum Gasteiger partial charge on any atom is -0.477 e. The van der Waals surface area contributed by atoms with Crippen LogP contribution in [-0.4, -0.2) is 36.0 Å². The van der Waals surface area contributed by atoms with Gasteiger partial charge in [-0.15, -0.1) is 0 Å². The van der Waals surface area contributed by atoms with Gasteiger partial charge in [-0.3, -0.25) is 10.1 Å². The van der Waals surface area contributed by atoms with Gasteiger partial charge in [0.05, 0.1) is 11.5 Å². The fourth-order valence-corrected chi connectivity index (χ4v) is 1.40. The molecule has 0 aliphatic carbocycles. The first kappa shape index (κ1) is 13.8. The number of carboxylic acid groups (broad SMARTS) is 1. The van der Waals surface area contributed by atoms with Crippen LogP contribution in [0.1, 0.15) is 10.4 Å². The molecule has 0 spiro atoms. The van der Waals surface area contributed by atoms with E-state index in [9.17, 15) is 23.7 Å². The number of halogens is 2. The van der Waals surface area contributed by atoms with Gasteiger partial charge in [-0.05, 0) is 12.1 Å². The van der Waals surface area contributed by atoms with E-state index in [1.165, 1.54) is 13.1 Å². The number of carbonyl (C=O) groups is 1. The molecule has 0 bridgehead atoms. The summed E-state index contributed by atoms with van der Waals surface area (Å²) in [4.78, 5) is 21.7. The molecule has 8 heteroatoms. The molecule has 0 radical (unpaired) electrons. The number of benzene rings is 1. The maximum Gasteiger partial charge on any atom is 0.342 e. The summed E-state index contributed by atoms with van der Waals surface area (Å²) in [5.74, 6) is -1.44. The minimum atomic E-state index is -2.59. The quantitative estimate of drug-likeness (QED) is 0.646. The van der Waals surface area contributed by atoms with E-state index in [4.69, 9.17) is 5.11 Å². The summed E-state index contributed by atoms with van der Waals surface area (Å²) in [5, 5.41) is 19.5. The molecule has 0 aliphatic heterocycles. The summed E-state index contributed by atoms with van der Waals surface area (Å²) in [7, 11) is 1.34. The van der Waals surface area contributed by atoms with Gasteiger partial charge in [0.2, 0.25) is 0 Å². The van der Waals surface area contributed by atoms with Crippen molar-refractivity contribution in [3.8, 4) is 0 Å². The van der Waals surface area contributed by atoms with Crippen LogP contribution in [0.5, 0.6) is 0 Å². The van der Waals surface area contributed by atoms with Gasteiger partial charge in [-0.25, -0.2) is 13.6 Å². The van der Waals surface area contributed by atoms with Gasteiger partial charge in [0, 0.05) is 18.8 Å². The standard InChI is InChI=1S/C10H10F2N2O4/c1-13(5-9(11)12)6-2-3-7(10(15)16)8(4-6)14(17)18/h2-4,9H,5H2,1H3,(H,15,16). The summed E-state index contributed by atoms with van der Waals surface area (Å²) in [6, 6.07) is 3.24. The second kappa shape index (κ2) is 5.39. The molecule has 0 fully saturated rings. The number of nitro groups is 1. The average molecular weight is 260 g/mol. The zero-order valence-electron chi connectivity index (χ0n) is 9.34. The first-order chi connectivity index (χ1) is 8.32. The number of alkyl halides is 2. The number of aromatic carboxylic acids is 1. The summed E-state index contributed by atoms with van der Waals surface area (Å²) in [6.45, 7) is -0.594. The molecule has 0 saturated heterocycles. The number of anilines is 1. The lowest BCUT2D eigenvalue weighted by Gasteiger charge is -2.18. The second-order valence-electron chi connectivity index (χ2n) is 3.54. The van der Waals surface area contributed by atoms with Gasteiger partial charge in [-0.2, -0.15) is 0 Å².